The zero-order valence-corrected chi connectivity index (χ0v) is 21.1. The molecule has 0 aliphatic rings. The minimum atomic E-state index is -0.297. The molecular formula is C26H38ClFN2O3. The van der Waals surface area contributed by atoms with Gasteiger partial charge >= 0.3 is 0 Å². The summed E-state index contributed by atoms with van der Waals surface area (Å²) < 4.78 is 25.8. The van der Waals surface area contributed by atoms with Gasteiger partial charge in [-0.05, 0) is 49.6 Å². The summed E-state index contributed by atoms with van der Waals surface area (Å²) >= 11 is 0. The third kappa shape index (κ3) is 8.29. The zero-order chi connectivity index (χ0) is 23.5. The molecule has 1 amide bonds. The van der Waals surface area contributed by atoms with Crippen LogP contribution < -0.4 is 10.5 Å². The van der Waals surface area contributed by atoms with Crippen LogP contribution in [0.5, 0.6) is 5.75 Å². The Hall–Kier alpha value is -2.15. The minimum absolute atomic E-state index is 0. The predicted octanol–water partition coefficient (Wildman–Crippen LogP) is 5.02. The molecule has 2 aromatic carbocycles. The number of ether oxygens (including phenoxy) is 2. The van der Waals surface area contributed by atoms with Crippen molar-refractivity contribution >= 4 is 18.3 Å². The monoisotopic (exact) mass is 480 g/mol. The van der Waals surface area contributed by atoms with Gasteiger partial charge in [0, 0.05) is 50.4 Å². The highest BCUT2D eigenvalue weighted by Crippen LogP contribution is 2.35. The summed E-state index contributed by atoms with van der Waals surface area (Å²) in [6.45, 7) is 8.05. The van der Waals surface area contributed by atoms with Gasteiger partial charge in [0.15, 0.2) is 0 Å². The molecule has 33 heavy (non-hydrogen) atoms. The quantitative estimate of drug-likeness (QED) is 0.409. The number of rotatable bonds is 13. The fourth-order valence-electron chi connectivity index (χ4n) is 3.80. The molecule has 0 aliphatic heterocycles. The van der Waals surface area contributed by atoms with Crippen molar-refractivity contribution in [2.24, 2.45) is 5.73 Å². The third-order valence-corrected chi connectivity index (χ3v) is 5.39. The van der Waals surface area contributed by atoms with Crippen LogP contribution in [0.3, 0.4) is 0 Å². The van der Waals surface area contributed by atoms with Gasteiger partial charge in [-0.3, -0.25) is 4.79 Å². The highest BCUT2D eigenvalue weighted by Gasteiger charge is 2.21. The smallest absolute Gasteiger partial charge is 0.227 e. The lowest BCUT2D eigenvalue weighted by molar-refractivity contribution is -0.132. The highest BCUT2D eigenvalue weighted by molar-refractivity contribution is 5.85. The Kier molecular flexibility index (Phi) is 13.0. The van der Waals surface area contributed by atoms with Crippen LogP contribution in [0.15, 0.2) is 36.4 Å². The van der Waals surface area contributed by atoms with Gasteiger partial charge in [-0.25, -0.2) is 4.39 Å². The Morgan fingerprint density at radius 2 is 1.85 bits per heavy atom. The highest BCUT2D eigenvalue weighted by atomic mass is 35.5. The average molecular weight is 481 g/mol. The van der Waals surface area contributed by atoms with E-state index in [0.29, 0.717) is 43.2 Å². The number of methoxy groups -OCH3 is 1. The van der Waals surface area contributed by atoms with Gasteiger partial charge in [-0.2, -0.15) is 0 Å². The van der Waals surface area contributed by atoms with Crippen LogP contribution in [-0.2, 0) is 22.4 Å². The number of hydrogen-bond donors (Lipinski definition) is 1. The number of nitrogens with zero attached hydrogens (tertiary/aromatic N) is 1. The molecule has 0 fully saturated rings. The van der Waals surface area contributed by atoms with Crippen LogP contribution in [0.1, 0.15) is 44.7 Å². The maximum atomic E-state index is 14.7. The molecule has 0 bridgehead atoms. The third-order valence-electron chi connectivity index (χ3n) is 5.39. The van der Waals surface area contributed by atoms with E-state index < -0.39 is 0 Å². The lowest BCUT2D eigenvalue weighted by Crippen LogP contribution is -2.41. The van der Waals surface area contributed by atoms with E-state index in [4.69, 9.17) is 15.2 Å². The first kappa shape index (κ1) is 28.9. The second kappa shape index (κ2) is 14.9. The zero-order valence-electron chi connectivity index (χ0n) is 20.2. The van der Waals surface area contributed by atoms with E-state index in [9.17, 15) is 9.18 Å². The largest absolute Gasteiger partial charge is 0.493 e. The van der Waals surface area contributed by atoms with Gasteiger partial charge in [0.25, 0.3) is 0 Å². The maximum absolute atomic E-state index is 14.7. The number of nitrogens with two attached hydrogens (primary N) is 1. The summed E-state index contributed by atoms with van der Waals surface area (Å²) in [6, 6.07) is 10.7. The molecule has 5 nitrogen and oxygen atoms in total. The van der Waals surface area contributed by atoms with Crippen LogP contribution in [-0.4, -0.2) is 50.3 Å². The summed E-state index contributed by atoms with van der Waals surface area (Å²) in [7, 11) is 1.65. The first-order valence-electron chi connectivity index (χ1n) is 11.4. The van der Waals surface area contributed by atoms with Crippen molar-refractivity contribution in [1.29, 1.82) is 0 Å². The Bertz CT molecular complexity index is 877. The molecule has 184 valence electrons. The Labute approximate surface area is 203 Å². The number of amides is 1. The molecule has 7 heteroatoms. The van der Waals surface area contributed by atoms with E-state index in [1.54, 1.807) is 24.1 Å². The fourth-order valence-corrected chi connectivity index (χ4v) is 3.80. The van der Waals surface area contributed by atoms with E-state index in [1.165, 1.54) is 6.07 Å². The van der Waals surface area contributed by atoms with Crippen molar-refractivity contribution in [2.75, 3.05) is 33.4 Å². The Balaban J connectivity index is 0.00000544. The topological polar surface area (TPSA) is 64.8 Å². The normalized spacial score (nSPS) is 10.8. The van der Waals surface area contributed by atoms with Gasteiger partial charge in [0.2, 0.25) is 5.91 Å². The summed E-state index contributed by atoms with van der Waals surface area (Å²) in [6.07, 6.45) is 2.70. The first-order chi connectivity index (χ1) is 15.4. The van der Waals surface area contributed by atoms with E-state index in [-0.39, 0.29) is 36.6 Å². The summed E-state index contributed by atoms with van der Waals surface area (Å²) in [5, 5.41) is 0. The fraction of sp³-hybridized carbons (Fsp3) is 0.500. The molecule has 2 N–H and O–H groups in total. The van der Waals surface area contributed by atoms with Crippen LogP contribution >= 0.6 is 12.4 Å². The summed E-state index contributed by atoms with van der Waals surface area (Å²) in [4.78, 5) is 14.9. The molecule has 0 aromatic heterocycles. The van der Waals surface area contributed by atoms with Gasteiger partial charge in [0.1, 0.15) is 11.6 Å². The van der Waals surface area contributed by atoms with Gasteiger partial charge in [-0.15, -0.1) is 12.4 Å². The lowest BCUT2D eigenvalue weighted by Gasteiger charge is -2.27. The standard InChI is InChI=1S/C26H37FN2O3.ClH/c1-5-9-20-16-23(22-10-6-7-11-24(22)27)25(32-15-8-14-31-4)17-21(20)18-26(30)29(13-12-28)19(2)3;/h6-7,10-11,16-17,19H,5,8-9,12-15,18,28H2,1-4H3;1H. The van der Waals surface area contributed by atoms with Crippen molar-refractivity contribution in [1.82, 2.24) is 4.90 Å². The molecule has 0 radical (unpaired) electrons. The van der Waals surface area contributed by atoms with Crippen LogP contribution in [0.4, 0.5) is 4.39 Å². The molecule has 0 aliphatic carbocycles. The van der Waals surface area contributed by atoms with E-state index in [0.717, 1.165) is 30.4 Å². The van der Waals surface area contributed by atoms with E-state index in [2.05, 4.69) is 6.92 Å². The molecule has 0 saturated carbocycles. The van der Waals surface area contributed by atoms with Crippen molar-refractivity contribution in [3.05, 3.63) is 53.3 Å². The molecule has 0 spiro atoms. The minimum Gasteiger partial charge on any atom is -0.493 e. The molecule has 0 saturated heterocycles. The summed E-state index contributed by atoms with van der Waals surface area (Å²) in [5.74, 6) is 0.324. The van der Waals surface area contributed by atoms with Gasteiger partial charge < -0.3 is 20.1 Å². The van der Waals surface area contributed by atoms with Crippen LogP contribution in [0.2, 0.25) is 0 Å². The van der Waals surface area contributed by atoms with Crippen molar-refractivity contribution in [2.45, 2.75) is 52.5 Å². The molecule has 0 atom stereocenters. The van der Waals surface area contributed by atoms with Crippen LogP contribution in [0, 0.1) is 5.82 Å². The Morgan fingerprint density at radius 1 is 1.12 bits per heavy atom. The molecular weight excluding hydrogens is 443 g/mol. The molecule has 0 heterocycles. The maximum Gasteiger partial charge on any atom is 0.227 e. The SMILES string of the molecule is CCCc1cc(-c2ccccc2F)c(OCCCOC)cc1CC(=O)N(CCN)C(C)C.Cl. The van der Waals surface area contributed by atoms with E-state index in [1.807, 2.05) is 32.0 Å². The average Bonchev–Trinajstić information content (AvgIpc) is 2.76. The van der Waals surface area contributed by atoms with Crippen molar-refractivity contribution in [3.8, 4) is 16.9 Å². The number of carbonyl (C=O) groups excluding carboxylic acids is 1. The number of benzene rings is 2. The number of hydrogen-bond acceptors (Lipinski definition) is 4. The second-order valence-electron chi connectivity index (χ2n) is 8.19. The van der Waals surface area contributed by atoms with Gasteiger partial charge in [-0.1, -0.05) is 31.5 Å². The summed E-state index contributed by atoms with van der Waals surface area (Å²) in [5.41, 5.74) is 8.89. The second-order valence-corrected chi connectivity index (χ2v) is 8.19. The molecule has 0 unspecified atom stereocenters. The van der Waals surface area contributed by atoms with Crippen molar-refractivity contribution in [3.63, 3.8) is 0 Å². The lowest BCUT2D eigenvalue weighted by atomic mass is 9.93. The van der Waals surface area contributed by atoms with Gasteiger partial charge in [0.05, 0.1) is 13.0 Å². The molecule has 2 rings (SSSR count). The van der Waals surface area contributed by atoms with E-state index >= 15 is 0 Å². The van der Waals surface area contributed by atoms with Crippen LogP contribution in [0.25, 0.3) is 11.1 Å². The molecule has 2 aromatic rings. The Morgan fingerprint density at radius 3 is 2.45 bits per heavy atom. The van der Waals surface area contributed by atoms with Crippen molar-refractivity contribution < 1.29 is 18.7 Å². The predicted molar refractivity (Wildman–Crippen MR) is 135 cm³/mol. The number of carbonyl (C=O) groups is 1. The number of aryl methyl sites for hydroxylation is 1. The first-order valence-corrected chi connectivity index (χ1v) is 11.4. The number of halogens is 2.